The fraction of sp³-hybridized carbons (Fsp3) is 0.467. The summed E-state index contributed by atoms with van der Waals surface area (Å²) < 4.78 is 0. The normalized spacial score (nSPS) is 10.4. The standard InChI is InChI=1S/C15H24N4O2/c1-3-17-15(21)11-19(4-2)10-9-14(20)18-13-8-6-5-7-12(13)16/h5-8H,3-4,9-11,16H2,1-2H3,(H,17,21)(H,18,20). The van der Waals surface area contributed by atoms with Crippen LogP contribution in [-0.4, -0.2) is 42.9 Å². The molecule has 21 heavy (non-hydrogen) atoms. The molecule has 1 rings (SSSR count). The maximum absolute atomic E-state index is 11.9. The first kappa shape index (κ1) is 17.0. The number of amides is 2. The molecule has 1 aromatic carbocycles. The van der Waals surface area contributed by atoms with E-state index in [9.17, 15) is 9.59 Å². The summed E-state index contributed by atoms with van der Waals surface area (Å²) >= 11 is 0. The molecule has 6 heteroatoms. The first-order chi connectivity index (χ1) is 10.1. The van der Waals surface area contributed by atoms with E-state index in [2.05, 4.69) is 10.6 Å². The molecule has 116 valence electrons. The summed E-state index contributed by atoms with van der Waals surface area (Å²) in [5, 5.41) is 5.52. The molecule has 4 N–H and O–H groups in total. The van der Waals surface area contributed by atoms with E-state index in [0.29, 0.717) is 37.4 Å². The number of rotatable bonds is 8. The van der Waals surface area contributed by atoms with Gasteiger partial charge in [-0.1, -0.05) is 19.1 Å². The van der Waals surface area contributed by atoms with E-state index in [1.54, 1.807) is 12.1 Å². The van der Waals surface area contributed by atoms with Gasteiger partial charge in [-0.05, 0) is 25.6 Å². The van der Waals surface area contributed by atoms with Crippen LogP contribution in [0.1, 0.15) is 20.3 Å². The molecule has 0 saturated heterocycles. The molecule has 1 aromatic rings. The second kappa shape index (κ2) is 8.97. The van der Waals surface area contributed by atoms with Crippen LogP contribution in [0.25, 0.3) is 0 Å². The van der Waals surface area contributed by atoms with Crippen molar-refractivity contribution in [2.45, 2.75) is 20.3 Å². The van der Waals surface area contributed by atoms with Crippen molar-refractivity contribution in [1.29, 1.82) is 0 Å². The number of nitrogens with two attached hydrogens (primary N) is 1. The van der Waals surface area contributed by atoms with Gasteiger partial charge in [-0.15, -0.1) is 0 Å². The monoisotopic (exact) mass is 292 g/mol. The summed E-state index contributed by atoms with van der Waals surface area (Å²) in [7, 11) is 0. The summed E-state index contributed by atoms with van der Waals surface area (Å²) in [5.41, 5.74) is 6.93. The van der Waals surface area contributed by atoms with Crippen LogP contribution in [0.4, 0.5) is 11.4 Å². The maximum atomic E-state index is 11.9. The summed E-state index contributed by atoms with van der Waals surface area (Å²) in [5.74, 6) is -0.130. The predicted molar refractivity (Wildman–Crippen MR) is 84.9 cm³/mol. The number of hydrogen-bond donors (Lipinski definition) is 3. The lowest BCUT2D eigenvalue weighted by molar-refractivity contribution is -0.123. The van der Waals surface area contributed by atoms with E-state index in [1.807, 2.05) is 30.9 Å². The number of likely N-dealkylation sites (N-methyl/N-ethyl adjacent to an activating group) is 2. The molecule has 0 aliphatic heterocycles. The van der Waals surface area contributed by atoms with Gasteiger partial charge in [0.15, 0.2) is 0 Å². The second-order valence-electron chi connectivity index (χ2n) is 4.71. The molecule has 0 bridgehead atoms. The van der Waals surface area contributed by atoms with Gasteiger partial charge in [0.2, 0.25) is 11.8 Å². The molecular weight excluding hydrogens is 268 g/mol. The van der Waals surface area contributed by atoms with E-state index in [-0.39, 0.29) is 11.8 Å². The first-order valence-electron chi connectivity index (χ1n) is 7.20. The van der Waals surface area contributed by atoms with Gasteiger partial charge in [0.1, 0.15) is 0 Å². The van der Waals surface area contributed by atoms with Crippen molar-refractivity contribution in [3.63, 3.8) is 0 Å². The Kier molecular flexibility index (Phi) is 7.25. The minimum absolute atomic E-state index is 0.0212. The highest BCUT2D eigenvalue weighted by molar-refractivity contribution is 5.93. The average Bonchev–Trinajstić information content (AvgIpc) is 2.46. The summed E-state index contributed by atoms with van der Waals surface area (Å²) in [6.45, 7) is 6.03. The Bertz CT molecular complexity index is 476. The fourth-order valence-corrected chi connectivity index (χ4v) is 1.89. The summed E-state index contributed by atoms with van der Waals surface area (Å²) in [6.07, 6.45) is 0.321. The lowest BCUT2D eigenvalue weighted by Crippen LogP contribution is -2.38. The fourth-order valence-electron chi connectivity index (χ4n) is 1.89. The Hall–Kier alpha value is -2.08. The van der Waals surface area contributed by atoms with Crippen molar-refractivity contribution in [1.82, 2.24) is 10.2 Å². The number of anilines is 2. The van der Waals surface area contributed by atoms with Crippen LogP contribution in [0.15, 0.2) is 24.3 Å². The Balaban J connectivity index is 2.40. The van der Waals surface area contributed by atoms with Crippen molar-refractivity contribution in [2.75, 3.05) is 37.2 Å². The molecule has 6 nitrogen and oxygen atoms in total. The van der Waals surface area contributed by atoms with Crippen molar-refractivity contribution in [3.8, 4) is 0 Å². The minimum atomic E-state index is -0.109. The molecule has 0 saturated carbocycles. The Morgan fingerprint density at radius 1 is 1.19 bits per heavy atom. The number of nitrogen functional groups attached to an aromatic ring is 1. The molecule has 0 aliphatic rings. The van der Waals surface area contributed by atoms with Crippen LogP contribution in [0.3, 0.4) is 0 Å². The first-order valence-corrected chi connectivity index (χ1v) is 7.20. The van der Waals surface area contributed by atoms with Gasteiger partial charge >= 0.3 is 0 Å². The SMILES string of the molecule is CCNC(=O)CN(CC)CCC(=O)Nc1ccccc1N. The number of carbonyl (C=O) groups excluding carboxylic acids is 2. The molecule has 0 atom stereocenters. The molecule has 0 heterocycles. The molecule has 0 aliphatic carbocycles. The number of nitrogens with one attached hydrogen (secondary N) is 2. The Labute approximate surface area is 125 Å². The Morgan fingerprint density at radius 2 is 1.90 bits per heavy atom. The van der Waals surface area contributed by atoms with E-state index in [4.69, 9.17) is 5.73 Å². The van der Waals surface area contributed by atoms with Gasteiger partial charge in [-0.25, -0.2) is 0 Å². The van der Waals surface area contributed by atoms with Crippen LogP contribution >= 0.6 is 0 Å². The molecule has 2 amide bonds. The molecule has 0 spiro atoms. The topological polar surface area (TPSA) is 87.5 Å². The summed E-state index contributed by atoms with van der Waals surface area (Å²) in [6, 6.07) is 7.14. The van der Waals surface area contributed by atoms with Crippen molar-refractivity contribution < 1.29 is 9.59 Å². The van der Waals surface area contributed by atoms with Crippen LogP contribution in [0, 0.1) is 0 Å². The van der Waals surface area contributed by atoms with Crippen molar-refractivity contribution in [3.05, 3.63) is 24.3 Å². The lowest BCUT2D eigenvalue weighted by Gasteiger charge is -2.19. The van der Waals surface area contributed by atoms with Crippen molar-refractivity contribution >= 4 is 23.2 Å². The third-order valence-corrected chi connectivity index (χ3v) is 3.08. The van der Waals surface area contributed by atoms with Crippen molar-refractivity contribution in [2.24, 2.45) is 0 Å². The van der Waals surface area contributed by atoms with Gasteiger partial charge in [0.25, 0.3) is 0 Å². The van der Waals surface area contributed by atoms with Gasteiger partial charge < -0.3 is 16.4 Å². The number of benzene rings is 1. The lowest BCUT2D eigenvalue weighted by atomic mass is 10.2. The van der Waals surface area contributed by atoms with Crippen LogP contribution in [-0.2, 0) is 9.59 Å². The zero-order valence-electron chi connectivity index (χ0n) is 12.7. The number of carbonyl (C=O) groups is 2. The zero-order valence-corrected chi connectivity index (χ0v) is 12.7. The van der Waals surface area contributed by atoms with E-state index < -0.39 is 0 Å². The van der Waals surface area contributed by atoms with Crippen LogP contribution in [0.5, 0.6) is 0 Å². The second-order valence-corrected chi connectivity index (χ2v) is 4.71. The quantitative estimate of drug-likeness (QED) is 0.625. The molecule has 0 unspecified atom stereocenters. The van der Waals surface area contributed by atoms with Gasteiger partial charge in [-0.2, -0.15) is 0 Å². The molecule has 0 fully saturated rings. The highest BCUT2D eigenvalue weighted by Gasteiger charge is 2.11. The van der Waals surface area contributed by atoms with E-state index in [1.165, 1.54) is 0 Å². The number of nitrogens with zero attached hydrogens (tertiary/aromatic N) is 1. The predicted octanol–water partition coefficient (Wildman–Crippen LogP) is 1.06. The maximum Gasteiger partial charge on any atom is 0.234 e. The smallest absolute Gasteiger partial charge is 0.234 e. The summed E-state index contributed by atoms with van der Waals surface area (Å²) in [4.78, 5) is 25.4. The van der Waals surface area contributed by atoms with Crippen LogP contribution < -0.4 is 16.4 Å². The third-order valence-electron chi connectivity index (χ3n) is 3.08. The number of hydrogen-bond acceptors (Lipinski definition) is 4. The molecule has 0 aromatic heterocycles. The van der Waals surface area contributed by atoms with Crippen LogP contribution in [0.2, 0.25) is 0 Å². The van der Waals surface area contributed by atoms with Gasteiger partial charge in [0, 0.05) is 19.5 Å². The molecular formula is C15H24N4O2. The highest BCUT2D eigenvalue weighted by atomic mass is 16.2. The Morgan fingerprint density at radius 3 is 2.52 bits per heavy atom. The van der Waals surface area contributed by atoms with Gasteiger partial charge in [-0.3, -0.25) is 14.5 Å². The largest absolute Gasteiger partial charge is 0.397 e. The number of para-hydroxylation sites is 2. The molecule has 0 radical (unpaired) electrons. The third kappa shape index (κ3) is 6.27. The zero-order chi connectivity index (χ0) is 15.7. The highest BCUT2D eigenvalue weighted by Crippen LogP contribution is 2.16. The van der Waals surface area contributed by atoms with E-state index in [0.717, 1.165) is 6.54 Å². The average molecular weight is 292 g/mol. The minimum Gasteiger partial charge on any atom is -0.397 e. The van der Waals surface area contributed by atoms with Gasteiger partial charge in [0.05, 0.1) is 17.9 Å². The van der Waals surface area contributed by atoms with E-state index >= 15 is 0 Å².